The van der Waals surface area contributed by atoms with Crippen LogP contribution in [0.25, 0.3) is 44.5 Å². The lowest BCUT2D eigenvalue weighted by Gasteiger charge is -2.16. The second-order valence-electron chi connectivity index (χ2n) is 8.56. The average molecular weight is 461 g/mol. The van der Waals surface area contributed by atoms with E-state index < -0.39 is 0 Å². The fourth-order valence-corrected chi connectivity index (χ4v) is 4.45. The maximum atomic E-state index is 2.21. The third-order valence-corrected chi connectivity index (χ3v) is 6.18. The second kappa shape index (κ2) is 11.6. The fraction of sp³-hybridized carbons (Fsp3) is 0. The first kappa shape index (κ1) is 23.1. The van der Waals surface area contributed by atoms with Crippen molar-refractivity contribution in [2.75, 3.05) is 0 Å². The molecule has 0 heteroatoms. The summed E-state index contributed by atoms with van der Waals surface area (Å²) in [5.74, 6) is 0. The topological polar surface area (TPSA) is 0 Å². The van der Waals surface area contributed by atoms with Crippen LogP contribution in [0.3, 0.4) is 0 Å². The highest BCUT2D eigenvalue weighted by molar-refractivity contribution is 5.94. The van der Waals surface area contributed by atoms with E-state index in [1.54, 1.807) is 0 Å². The first-order valence-electron chi connectivity index (χ1n) is 12.3. The Morgan fingerprint density at radius 2 is 0.472 bits per heavy atom. The van der Waals surface area contributed by atoms with Crippen LogP contribution in [0.1, 0.15) is 0 Å². The molecule has 0 saturated carbocycles. The van der Waals surface area contributed by atoms with Crippen molar-refractivity contribution in [1.82, 2.24) is 0 Å². The monoisotopic (exact) mass is 460 g/mol. The summed E-state index contributed by atoms with van der Waals surface area (Å²) in [5, 5.41) is 0. The van der Waals surface area contributed by atoms with E-state index in [9.17, 15) is 0 Å². The van der Waals surface area contributed by atoms with Gasteiger partial charge in [-0.3, -0.25) is 0 Å². The minimum Gasteiger partial charge on any atom is -0.0622 e. The molecule has 0 radical (unpaired) electrons. The molecule has 172 valence electrons. The van der Waals surface area contributed by atoms with Crippen molar-refractivity contribution in [1.29, 1.82) is 0 Å². The van der Waals surface area contributed by atoms with Crippen molar-refractivity contribution >= 4 is 0 Å². The zero-order valence-corrected chi connectivity index (χ0v) is 20.2. The van der Waals surface area contributed by atoms with Crippen molar-refractivity contribution in [3.8, 4) is 44.5 Å². The van der Waals surface area contributed by atoms with Gasteiger partial charge in [-0.1, -0.05) is 170 Å². The summed E-state index contributed by atoms with van der Waals surface area (Å²) in [4.78, 5) is 0. The summed E-state index contributed by atoms with van der Waals surface area (Å²) in [7, 11) is 0. The van der Waals surface area contributed by atoms with Gasteiger partial charge in [0.1, 0.15) is 0 Å². The van der Waals surface area contributed by atoms with E-state index in [0.29, 0.717) is 0 Å². The van der Waals surface area contributed by atoms with E-state index in [-0.39, 0.29) is 0 Å². The molecule has 0 nitrogen and oxygen atoms in total. The number of hydrogen-bond donors (Lipinski definition) is 0. The summed E-state index contributed by atoms with van der Waals surface area (Å²) in [6, 6.07) is 59.2. The maximum absolute atomic E-state index is 2.21. The molecular weight excluding hydrogens is 432 g/mol. The molecule has 0 aliphatic rings. The quantitative estimate of drug-likeness (QED) is 0.245. The Morgan fingerprint density at radius 1 is 0.194 bits per heavy atom. The Morgan fingerprint density at radius 3 is 0.806 bits per heavy atom. The van der Waals surface area contributed by atoms with Crippen molar-refractivity contribution < 1.29 is 0 Å². The second-order valence-corrected chi connectivity index (χ2v) is 8.56. The molecule has 6 aromatic rings. The molecule has 0 aliphatic heterocycles. The van der Waals surface area contributed by atoms with Gasteiger partial charge in [-0.05, 0) is 44.5 Å². The third kappa shape index (κ3) is 5.51. The van der Waals surface area contributed by atoms with Crippen LogP contribution in [0.15, 0.2) is 170 Å². The van der Waals surface area contributed by atoms with Crippen LogP contribution >= 0.6 is 0 Å². The Balaban J connectivity index is 0.000000186. The summed E-state index contributed by atoms with van der Waals surface area (Å²) >= 11 is 0. The summed E-state index contributed by atoms with van der Waals surface area (Å²) in [6.07, 6.45) is 0. The molecule has 0 bridgehead atoms. The lowest BCUT2D eigenvalue weighted by Crippen LogP contribution is -1.90. The van der Waals surface area contributed by atoms with Gasteiger partial charge in [0, 0.05) is 0 Å². The summed E-state index contributed by atoms with van der Waals surface area (Å²) < 4.78 is 0. The normalized spacial score (nSPS) is 10.2. The Kier molecular flexibility index (Phi) is 7.46. The zero-order chi connectivity index (χ0) is 24.4. The van der Waals surface area contributed by atoms with Crippen molar-refractivity contribution in [2.45, 2.75) is 0 Å². The van der Waals surface area contributed by atoms with Crippen LogP contribution in [0.5, 0.6) is 0 Å². The van der Waals surface area contributed by atoms with Gasteiger partial charge in [-0.15, -0.1) is 0 Å². The molecule has 0 aromatic heterocycles. The van der Waals surface area contributed by atoms with Crippen LogP contribution in [-0.2, 0) is 0 Å². The van der Waals surface area contributed by atoms with Gasteiger partial charge in [0.05, 0.1) is 0 Å². The third-order valence-electron chi connectivity index (χ3n) is 6.18. The molecule has 0 unspecified atom stereocenters. The molecule has 0 amide bonds. The molecule has 0 atom stereocenters. The van der Waals surface area contributed by atoms with Gasteiger partial charge in [0.25, 0.3) is 0 Å². The molecule has 0 aliphatic carbocycles. The standard InChI is InChI=1S/C24H18.C12H10/c1-4-11-19(12-5-1)22-17-10-18-23(20-13-6-2-7-14-20)24(22)21-15-8-3-9-16-21;1-3-7-11(8-4-1)12-9-5-2-6-10-12/h1-18H;1-10H. The number of benzene rings is 6. The molecule has 0 saturated heterocycles. The minimum atomic E-state index is 1.24. The average Bonchev–Trinajstić information content (AvgIpc) is 2.99. The van der Waals surface area contributed by atoms with E-state index in [0.717, 1.165) is 0 Å². The Labute approximate surface area is 214 Å². The summed E-state index contributed by atoms with van der Waals surface area (Å²) in [6.45, 7) is 0. The van der Waals surface area contributed by atoms with Crippen LogP contribution in [0.4, 0.5) is 0 Å². The van der Waals surface area contributed by atoms with Gasteiger partial charge in [-0.25, -0.2) is 0 Å². The molecule has 0 spiro atoms. The first-order chi connectivity index (χ1) is 17.9. The molecule has 36 heavy (non-hydrogen) atoms. The molecule has 6 rings (SSSR count). The van der Waals surface area contributed by atoms with Crippen molar-refractivity contribution in [3.63, 3.8) is 0 Å². The van der Waals surface area contributed by atoms with E-state index in [2.05, 4.69) is 158 Å². The molecule has 0 heterocycles. The van der Waals surface area contributed by atoms with Crippen LogP contribution in [0, 0.1) is 0 Å². The summed E-state index contributed by atoms with van der Waals surface area (Å²) in [5.41, 5.74) is 10.1. The van der Waals surface area contributed by atoms with E-state index in [4.69, 9.17) is 0 Å². The molecular formula is C36H28. The SMILES string of the molecule is c1ccc(-c2cccc(-c3ccccc3)c2-c2ccccc2)cc1.c1ccc(-c2ccccc2)cc1. The largest absolute Gasteiger partial charge is 0.0622 e. The van der Waals surface area contributed by atoms with Gasteiger partial charge in [-0.2, -0.15) is 0 Å². The lowest BCUT2D eigenvalue weighted by atomic mass is 9.88. The van der Waals surface area contributed by atoms with Gasteiger partial charge >= 0.3 is 0 Å². The molecule has 0 fully saturated rings. The lowest BCUT2D eigenvalue weighted by molar-refractivity contribution is 1.56. The van der Waals surface area contributed by atoms with Crippen molar-refractivity contribution in [3.05, 3.63) is 170 Å². The van der Waals surface area contributed by atoms with E-state index in [1.165, 1.54) is 44.5 Å². The number of rotatable bonds is 4. The van der Waals surface area contributed by atoms with E-state index >= 15 is 0 Å². The Hall–Kier alpha value is -4.68. The first-order valence-corrected chi connectivity index (χ1v) is 12.3. The highest BCUT2D eigenvalue weighted by atomic mass is 14.2. The Bertz CT molecular complexity index is 1380. The number of hydrogen-bond acceptors (Lipinski definition) is 0. The fourth-order valence-electron chi connectivity index (χ4n) is 4.45. The van der Waals surface area contributed by atoms with Crippen molar-refractivity contribution in [2.24, 2.45) is 0 Å². The van der Waals surface area contributed by atoms with Crippen LogP contribution in [-0.4, -0.2) is 0 Å². The van der Waals surface area contributed by atoms with Crippen LogP contribution in [0.2, 0.25) is 0 Å². The predicted octanol–water partition coefficient (Wildman–Crippen LogP) is 10.0. The maximum Gasteiger partial charge on any atom is -0.00268 e. The smallest absolute Gasteiger partial charge is 0.00268 e. The van der Waals surface area contributed by atoms with E-state index in [1.807, 2.05) is 12.1 Å². The van der Waals surface area contributed by atoms with Crippen LogP contribution < -0.4 is 0 Å². The predicted molar refractivity (Wildman–Crippen MR) is 155 cm³/mol. The molecule has 6 aromatic carbocycles. The highest BCUT2D eigenvalue weighted by Gasteiger charge is 2.13. The van der Waals surface area contributed by atoms with Gasteiger partial charge < -0.3 is 0 Å². The molecule has 0 N–H and O–H groups in total. The van der Waals surface area contributed by atoms with Gasteiger partial charge in [0.15, 0.2) is 0 Å². The zero-order valence-electron chi connectivity index (χ0n) is 20.2. The van der Waals surface area contributed by atoms with Gasteiger partial charge in [0.2, 0.25) is 0 Å². The highest BCUT2D eigenvalue weighted by Crippen LogP contribution is 2.39. The minimum absolute atomic E-state index is 1.24.